The van der Waals surface area contributed by atoms with Gasteiger partial charge in [0, 0.05) is 54.4 Å². The molecule has 0 aliphatic carbocycles. The minimum atomic E-state index is -1.03. The molecular formula is C39H52N8O9. The lowest BCUT2D eigenvalue weighted by atomic mass is 9.71. The Morgan fingerprint density at radius 2 is 1.84 bits per heavy atom. The molecule has 2 aromatic carbocycles. The van der Waals surface area contributed by atoms with Crippen molar-refractivity contribution in [2.24, 2.45) is 16.5 Å². The van der Waals surface area contributed by atoms with Crippen molar-refractivity contribution in [1.82, 2.24) is 20.4 Å². The Hall–Kier alpha value is -5.47. The van der Waals surface area contributed by atoms with E-state index < -0.39 is 53.8 Å². The van der Waals surface area contributed by atoms with E-state index in [4.69, 9.17) is 35.2 Å². The Labute approximate surface area is 326 Å². The average molecular weight is 777 g/mol. The van der Waals surface area contributed by atoms with Crippen molar-refractivity contribution < 1.29 is 43.2 Å². The Kier molecular flexibility index (Phi) is 11.2. The molecule has 4 aliphatic heterocycles. The van der Waals surface area contributed by atoms with Crippen LogP contribution in [0, 0.1) is 25.2 Å². The van der Waals surface area contributed by atoms with E-state index in [1.54, 1.807) is 27.7 Å². The number of phenols is 1. The molecule has 1 fully saturated rings. The molecule has 0 aromatic heterocycles. The van der Waals surface area contributed by atoms with Gasteiger partial charge in [-0.3, -0.25) is 24.4 Å². The number of hydrogen-bond donors (Lipinski definition) is 5. The molecular weight excluding hydrogens is 724 g/mol. The first kappa shape index (κ1) is 40.2. The number of benzene rings is 2. The number of ether oxygens (including phenoxy) is 5. The second kappa shape index (κ2) is 15.6. The number of nitriles is 1. The number of likely N-dealkylation sites (N-methyl/N-ethyl adjacent to an activating group) is 1. The maximum atomic E-state index is 14.2. The molecule has 2 bridgehead atoms. The third-order valence-corrected chi connectivity index (χ3v) is 10.9. The zero-order valence-corrected chi connectivity index (χ0v) is 33.1. The topological polar surface area (TPSA) is 236 Å². The summed E-state index contributed by atoms with van der Waals surface area (Å²) in [7, 11) is 3.46. The minimum absolute atomic E-state index is 0.0302. The quantitative estimate of drug-likeness (QED) is 0.0767. The Morgan fingerprint density at radius 3 is 2.48 bits per heavy atom. The number of alkyl carbamates (subject to hydrolysis) is 1. The summed E-state index contributed by atoms with van der Waals surface area (Å²) >= 11 is 0. The van der Waals surface area contributed by atoms with Crippen molar-refractivity contribution in [3.8, 4) is 34.8 Å². The van der Waals surface area contributed by atoms with Crippen molar-refractivity contribution in [2.45, 2.75) is 109 Å². The van der Waals surface area contributed by atoms with Crippen molar-refractivity contribution >= 4 is 23.9 Å². The van der Waals surface area contributed by atoms with E-state index in [0.29, 0.717) is 64.5 Å². The zero-order chi connectivity index (χ0) is 40.8. The molecule has 2 aromatic rings. The number of aliphatic imine (C=N–C) groups is 1. The number of nitrogens with zero attached hydrogens (tertiary/aromatic N) is 4. The van der Waals surface area contributed by atoms with Crippen LogP contribution < -0.4 is 41.0 Å². The summed E-state index contributed by atoms with van der Waals surface area (Å²) in [5.74, 6) is 0.434. The summed E-state index contributed by atoms with van der Waals surface area (Å²) in [4.78, 5) is 48.0. The first-order valence-electron chi connectivity index (χ1n) is 18.7. The summed E-state index contributed by atoms with van der Waals surface area (Å²) in [6, 6.07) is 0.923. The number of nitrogens with one attached hydrogen (secondary N) is 2. The summed E-state index contributed by atoms with van der Waals surface area (Å²) in [5.41, 5.74) is 14.5. The Bertz CT molecular complexity index is 1990. The third kappa shape index (κ3) is 7.42. The molecule has 302 valence electrons. The molecule has 0 spiro atoms. The SMILES string of the molecule is COc1c(C)cc2c(c1O)[C@@H]1C3Cc4c(OC(C)=O)c(C)c5c(c4[C@H](CNC(=O)[C@H](CCCN=C(N)N)NC(=O)OC(C)(C)C)N3[C@@H](C#N)[C@@H](C2)N1C)OCO5. The molecule has 1 unspecified atom stereocenters. The van der Waals surface area contributed by atoms with E-state index in [-0.39, 0.29) is 44.1 Å². The molecule has 6 rings (SSSR count). The number of aryl methyl sites for hydroxylation is 1. The molecule has 17 heteroatoms. The third-order valence-electron chi connectivity index (χ3n) is 10.9. The first-order valence-corrected chi connectivity index (χ1v) is 18.7. The number of carbonyl (C=O) groups excluding carboxylic acids is 3. The fourth-order valence-corrected chi connectivity index (χ4v) is 8.85. The number of methoxy groups -OCH3 is 1. The van der Waals surface area contributed by atoms with E-state index in [9.17, 15) is 24.8 Å². The second-order valence-electron chi connectivity index (χ2n) is 15.7. The van der Waals surface area contributed by atoms with Crippen molar-refractivity contribution in [2.75, 3.05) is 34.0 Å². The number of aromatic hydroxyl groups is 1. The van der Waals surface area contributed by atoms with Crippen LogP contribution in [0.3, 0.4) is 0 Å². The summed E-state index contributed by atoms with van der Waals surface area (Å²) < 4.78 is 29.1. The largest absolute Gasteiger partial charge is 0.504 e. The van der Waals surface area contributed by atoms with Gasteiger partial charge in [0.05, 0.1) is 25.3 Å². The van der Waals surface area contributed by atoms with Crippen LogP contribution in [0.15, 0.2) is 11.1 Å². The summed E-state index contributed by atoms with van der Waals surface area (Å²) in [6.45, 7) is 10.3. The highest BCUT2D eigenvalue weighted by atomic mass is 16.7. The monoisotopic (exact) mass is 776 g/mol. The first-order chi connectivity index (χ1) is 26.5. The predicted molar refractivity (Wildman–Crippen MR) is 204 cm³/mol. The number of hydrogen-bond acceptors (Lipinski definition) is 13. The fourth-order valence-electron chi connectivity index (χ4n) is 8.85. The highest BCUT2D eigenvalue weighted by Crippen LogP contribution is 2.58. The molecule has 0 saturated carbocycles. The molecule has 4 heterocycles. The van der Waals surface area contributed by atoms with E-state index in [0.717, 1.165) is 11.1 Å². The maximum absolute atomic E-state index is 14.2. The number of carbonyl (C=O) groups is 3. The number of esters is 1. The van der Waals surface area contributed by atoms with Gasteiger partial charge in [-0.15, -0.1) is 0 Å². The number of phenolic OH excluding ortho intramolecular Hbond substituents is 1. The van der Waals surface area contributed by atoms with Gasteiger partial charge in [0.2, 0.25) is 12.7 Å². The second-order valence-corrected chi connectivity index (χ2v) is 15.7. The van der Waals surface area contributed by atoms with Gasteiger partial charge >= 0.3 is 12.1 Å². The maximum Gasteiger partial charge on any atom is 0.408 e. The van der Waals surface area contributed by atoms with Gasteiger partial charge in [-0.2, -0.15) is 5.26 Å². The predicted octanol–water partition coefficient (Wildman–Crippen LogP) is 2.51. The lowest BCUT2D eigenvalue weighted by Crippen LogP contribution is -2.69. The average Bonchev–Trinajstić information content (AvgIpc) is 3.60. The van der Waals surface area contributed by atoms with E-state index in [1.807, 2.05) is 20.0 Å². The number of guanidine groups is 1. The number of amides is 2. The molecule has 1 saturated heterocycles. The summed E-state index contributed by atoms with van der Waals surface area (Å²) in [6.07, 6.45) is 0.546. The molecule has 2 amide bonds. The molecule has 6 atom stereocenters. The lowest BCUT2D eigenvalue weighted by Gasteiger charge is -2.60. The molecule has 0 radical (unpaired) electrons. The molecule has 56 heavy (non-hydrogen) atoms. The van der Waals surface area contributed by atoms with Gasteiger partial charge in [-0.25, -0.2) is 4.79 Å². The lowest BCUT2D eigenvalue weighted by molar-refractivity contribution is -0.132. The molecule has 4 aliphatic rings. The number of rotatable bonds is 10. The van der Waals surface area contributed by atoms with Crippen molar-refractivity contribution in [3.05, 3.63) is 39.4 Å². The van der Waals surface area contributed by atoms with Gasteiger partial charge < -0.3 is 50.9 Å². The van der Waals surface area contributed by atoms with Crippen LogP contribution in [0.25, 0.3) is 0 Å². The number of fused-ring (bicyclic) bond motifs is 9. The molecule has 17 nitrogen and oxygen atoms in total. The number of nitrogens with two attached hydrogens (primary N) is 2. The van der Waals surface area contributed by atoms with Crippen LogP contribution in [-0.2, 0) is 27.2 Å². The highest BCUT2D eigenvalue weighted by molar-refractivity contribution is 5.86. The van der Waals surface area contributed by atoms with Gasteiger partial charge in [0.1, 0.15) is 23.4 Å². The van der Waals surface area contributed by atoms with E-state index in [1.165, 1.54) is 14.0 Å². The summed E-state index contributed by atoms with van der Waals surface area (Å²) in [5, 5.41) is 28.6. The fraction of sp³-hybridized carbons (Fsp3) is 0.564. The standard InChI is InChI=1S/C39H52N8O9/c1-18-12-21-13-24-26(15-40)47-25(30(46(24)7)28(21)31(49)32(18)52-8)14-22-29(35-34(53-17-54-35)19(2)33(22)55-20(3)48)27(47)16-44-36(50)23(10-9-11-43-37(41)42)45-38(51)56-39(4,5)6/h12,23-27,30,49H,9-11,13-14,16-17H2,1-8H3,(H,44,50)(H,45,51)(H4,41,42,43)/t23-,24+,25?,26-,27-,30-/m0/s1. The normalized spacial score (nSPS) is 22.7. The van der Waals surface area contributed by atoms with Crippen LogP contribution in [0.4, 0.5) is 4.79 Å². The van der Waals surface area contributed by atoms with Crippen molar-refractivity contribution in [1.29, 1.82) is 5.26 Å². The van der Waals surface area contributed by atoms with Crippen molar-refractivity contribution in [3.63, 3.8) is 0 Å². The number of piperazine rings is 1. The van der Waals surface area contributed by atoms with Gasteiger partial charge in [0.25, 0.3) is 0 Å². The molecule has 7 N–H and O–H groups in total. The van der Waals surface area contributed by atoms with Crippen LogP contribution in [-0.4, -0.2) is 103 Å². The van der Waals surface area contributed by atoms with Crippen LogP contribution in [0.1, 0.15) is 86.0 Å². The van der Waals surface area contributed by atoms with Gasteiger partial charge in [-0.05, 0) is 78.5 Å². The highest BCUT2D eigenvalue weighted by Gasteiger charge is 2.57. The van der Waals surface area contributed by atoms with Gasteiger partial charge in [0.15, 0.2) is 29.0 Å². The Balaban J connectivity index is 1.47. The van der Waals surface area contributed by atoms with Crippen LogP contribution >= 0.6 is 0 Å². The smallest absolute Gasteiger partial charge is 0.408 e. The minimum Gasteiger partial charge on any atom is -0.504 e. The van der Waals surface area contributed by atoms with E-state index in [2.05, 4.69) is 31.5 Å². The zero-order valence-electron chi connectivity index (χ0n) is 33.1. The van der Waals surface area contributed by atoms with Gasteiger partial charge in [-0.1, -0.05) is 6.07 Å². The Morgan fingerprint density at radius 1 is 1.12 bits per heavy atom. The van der Waals surface area contributed by atoms with E-state index >= 15 is 0 Å². The van der Waals surface area contributed by atoms with Crippen LogP contribution in [0.5, 0.6) is 28.7 Å². The van der Waals surface area contributed by atoms with Crippen LogP contribution in [0.2, 0.25) is 0 Å².